The minimum Gasteiger partial charge on any atom is -0.309 e. The summed E-state index contributed by atoms with van der Waals surface area (Å²) in [6.07, 6.45) is 14.3. The molecule has 0 radical (unpaired) electrons. The monoisotopic (exact) mass is 948 g/mol. The summed E-state index contributed by atoms with van der Waals surface area (Å²) in [5.41, 5.74) is 17.6. The summed E-state index contributed by atoms with van der Waals surface area (Å²) in [7, 11) is 0. The van der Waals surface area contributed by atoms with Gasteiger partial charge in [0.2, 0.25) is 0 Å². The second-order valence-electron chi connectivity index (χ2n) is 18.1. The Morgan fingerprint density at radius 1 is 0.230 bits per heavy atom. The van der Waals surface area contributed by atoms with Gasteiger partial charge in [-0.3, -0.25) is 19.9 Å². The normalized spacial score (nSPS) is 11.5. The lowest BCUT2D eigenvalue weighted by Crippen LogP contribution is -1.98. The molecule has 14 aromatic rings. The van der Waals surface area contributed by atoms with E-state index in [1.54, 1.807) is 49.6 Å². The number of para-hydroxylation sites is 2. The van der Waals surface area contributed by atoms with Crippen molar-refractivity contribution in [2.45, 2.75) is 0 Å². The van der Waals surface area contributed by atoms with Gasteiger partial charge in [-0.2, -0.15) is 0 Å². The minimum absolute atomic E-state index is 0.629. The number of nitrogens with zero attached hydrogens (tertiary/aromatic N) is 10. The largest absolute Gasteiger partial charge is 0.309 e. The Morgan fingerprint density at radius 2 is 0.568 bits per heavy atom. The van der Waals surface area contributed by atoms with E-state index in [9.17, 15) is 0 Å². The van der Waals surface area contributed by atoms with Crippen LogP contribution in [0.3, 0.4) is 0 Å². The molecule has 0 saturated carbocycles. The van der Waals surface area contributed by atoms with Crippen LogP contribution in [0.4, 0.5) is 0 Å². The van der Waals surface area contributed by atoms with Crippen LogP contribution in [0, 0.1) is 0 Å². The standard InChI is InChI=1S/C64H40N10/c1-3-13-59-51(11-1)53-17-15-45(37-61(53)73(59)49-9-5-7-47(35-49)63-69-55(41-19-27-65-28-20-41)39-56(70-63)42-21-29-66-30-22-42)46-16-18-54-52-12-2-4-14-60(52)74(62(54)38-46)50-10-6-8-48(36-50)64-71-57(43-23-31-67-32-24-43)40-58(72-64)44-25-33-68-34-26-44/h1-40H. The summed E-state index contributed by atoms with van der Waals surface area (Å²) in [5.74, 6) is 1.26. The molecule has 0 unspecified atom stereocenters. The number of hydrogen-bond acceptors (Lipinski definition) is 8. The molecule has 0 saturated heterocycles. The predicted molar refractivity (Wildman–Crippen MR) is 296 cm³/mol. The molecular weight excluding hydrogens is 909 g/mol. The van der Waals surface area contributed by atoms with Crippen molar-refractivity contribution in [1.82, 2.24) is 49.0 Å². The van der Waals surface area contributed by atoms with Gasteiger partial charge in [-0.05, 0) is 120 Å². The molecule has 10 nitrogen and oxygen atoms in total. The second-order valence-corrected chi connectivity index (χ2v) is 18.1. The smallest absolute Gasteiger partial charge is 0.160 e. The van der Waals surface area contributed by atoms with Gasteiger partial charge >= 0.3 is 0 Å². The molecule has 0 bridgehead atoms. The van der Waals surface area contributed by atoms with Crippen LogP contribution in [0.1, 0.15) is 0 Å². The lowest BCUT2D eigenvalue weighted by atomic mass is 10.0. The van der Waals surface area contributed by atoms with Crippen LogP contribution in [0.2, 0.25) is 0 Å². The van der Waals surface area contributed by atoms with Crippen molar-refractivity contribution in [3.8, 4) is 90.3 Å². The number of benzene rings is 6. The molecule has 0 atom stereocenters. The fourth-order valence-corrected chi connectivity index (χ4v) is 10.3. The Morgan fingerprint density at radius 3 is 0.932 bits per heavy atom. The molecule has 346 valence electrons. The highest BCUT2D eigenvalue weighted by molar-refractivity contribution is 6.12. The highest BCUT2D eigenvalue weighted by atomic mass is 15.0. The molecule has 8 heterocycles. The summed E-state index contributed by atoms with van der Waals surface area (Å²) in [5, 5.41) is 4.68. The highest BCUT2D eigenvalue weighted by Gasteiger charge is 2.19. The summed E-state index contributed by atoms with van der Waals surface area (Å²) < 4.78 is 4.72. The maximum atomic E-state index is 5.14. The van der Waals surface area contributed by atoms with Crippen molar-refractivity contribution in [1.29, 1.82) is 0 Å². The molecule has 0 aliphatic heterocycles. The van der Waals surface area contributed by atoms with Crippen molar-refractivity contribution < 1.29 is 0 Å². The Kier molecular flexibility index (Phi) is 10.2. The van der Waals surface area contributed by atoms with Crippen LogP contribution < -0.4 is 0 Å². The molecule has 0 amide bonds. The Balaban J connectivity index is 0.897. The van der Waals surface area contributed by atoms with Crippen LogP contribution >= 0.6 is 0 Å². The van der Waals surface area contributed by atoms with Crippen molar-refractivity contribution in [3.63, 3.8) is 0 Å². The third-order valence-corrected chi connectivity index (χ3v) is 13.8. The van der Waals surface area contributed by atoms with Crippen molar-refractivity contribution >= 4 is 43.6 Å². The van der Waals surface area contributed by atoms with E-state index in [-0.39, 0.29) is 0 Å². The molecule has 0 aliphatic rings. The average molecular weight is 949 g/mol. The molecule has 10 heteroatoms. The zero-order chi connectivity index (χ0) is 49.0. The third-order valence-electron chi connectivity index (χ3n) is 13.8. The molecule has 0 N–H and O–H groups in total. The maximum absolute atomic E-state index is 5.14. The molecule has 14 rings (SSSR count). The molecule has 0 aliphatic carbocycles. The van der Waals surface area contributed by atoms with E-state index in [0.29, 0.717) is 11.6 Å². The van der Waals surface area contributed by atoms with Gasteiger partial charge in [-0.1, -0.05) is 84.9 Å². The second kappa shape index (κ2) is 17.8. The van der Waals surface area contributed by atoms with Crippen LogP contribution in [0.25, 0.3) is 134 Å². The predicted octanol–water partition coefficient (Wildman–Crippen LogP) is 14.7. The minimum atomic E-state index is 0.629. The van der Waals surface area contributed by atoms with Crippen LogP contribution in [0.5, 0.6) is 0 Å². The van der Waals surface area contributed by atoms with Gasteiger partial charge in [0.1, 0.15) is 0 Å². The van der Waals surface area contributed by atoms with E-state index >= 15 is 0 Å². The van der Waals surface area contributed by atoms with Crippen LogP contribution in [-0.4, -0.2) is 49.0 Å². The lowest BCUT2D eigenvalue weighted by molar-refractivity contribution is 1.15. The zero-order valence-electron chi connectivity index (χ0n) is 39.6. The summed E-state index contributed by atoms with van der Waals surface area (Å²) in [6, 6.07) is 67.9. The molecule has 0 fully saturated rings. The molecule has 6 aromatic carbocycles. The zero-order valence-corrected chi connectivity index (χ0v) is 39.6. The van der Waals surface area contributed by atoms with E-state index in [4.69, 9.17) is 19.9 Å². The summed E-state index contributed by atoms with van der Waals surface area (Å²) >= 11 is 0. The number of fused-ring (bicyclic) bond motifs is 6. The van der Waals surface area contributed by atoms with E-state index in [1.165, 1.54) is 21.5 Å². The molecule has 8 aromatic heterocycles. The van der Waals surface area contributed by atoms with Gasteiger partial charge < -0.3 is 9.13 Å². The highest BCUT2D eigenvalue weighted by Crippen LogP contribution is 2.40. The first-order valence-corrected chi connectivity index (χ1v) is 24.4. The third kappa shape index (κ3) is 7.53. The molecule has 0 spiro atoms. The first kappa shape index (κ1) is 42.5. The Hall–Kier alpha value is -10.3. The van der Waals surface area contributed by atoms with Gasteiger partial charge in [-0.25, -0.2) is 19.9 Å². The maximum Gasteiger partial charge on any atom is 0.160 e. The fourth-order valence-electron chi connectivity index (χ4n) is 10.3. The van der Waals surface area contributed by atoms with Crippen LogP contribution in [-0.2, 0) is 0 Å². The average Bonchev–Trinajstić information content (AvgIpc) is 4.01. The van der Waals surface area contributed by atoms with Crippen molar-refractivity contribution in [2.24, 2.45) is 0 Å². The topological polar surface area (TPSA) is 113 Å². The van der Waals surface area contributed by atoms with Gasteiger partial charge in [0.25, 0.3) is 0 Å². The summed E-state index contributed by atoms with van der Waals surface area (Å²) in [4.78, 5) is 37.6. The van der Waals surface area contributed by atoms with E-state index in [2.05, 4.69) is 163 Å². The Labute approximate surface area is 424 Å². The summed E-state index contributed by atoms with van der Waals surface area (Å²) in [6.45, 7) is 0. The number of aromatic nitrogens is 10. The quantitative estimate of drug-likeness (QED) is 0.141. The number of rotatable bonds is 9. The number of hydrogen-bond donors (Lipinski definition) is 0. The van der Waals surface area contributed by atoms with Gasteiger partial charge in [0.15, 0.2) is 11.6 Å². The Bertz CT molecular complexity index is 4020. The van der Waals surface area contributed by atoms with Gasteiger partial charge in [-0.15, -0.1) is 0 Å². The first-order chi connectivity index (χ1) is 36.7. The first-order valence-electron chi connectivity index (χ1n) is 24.4. The van der Waals surface area contributed by atoms with E-state index < -0.39 is 0 Å². The van der Waals surface area contributed by atoms with E-state index in [0.717, 1.165) is 101 Å². The fraction of sp³-hybridized carbons (Fsp3) is 0. The van der Waals surface area contributed by atoms with Crippen molar-refractivity contribution in [3.05, 3.63) is 244 Å². The molecular formula is C64H40N10. The van der Waals surface area contributed by atoms with Gasteiger partial charge in [0, 0.05) is 116 Å². The SMILES string of the molecule is c1cc(-c2nc(-c3ccncc3)cc(-c3ccncc3)n2)cc(-n2c3ccccc3c3ccc(-c4ccc5c6ccccc6n(-c6cccc(-c7nc(-c8ccncc8)cc(-c8ccncc8)n7)c6)c5c4)cc32)c1. The number of pyridine rings is 4. The van der Waals surface area contributed by atoms with Crippen LogP contribution in [0.15, 0.2) is 244 Å². The lowest BCUT2D eigenvalue weighted by Gasteiger charge is -2.13. The van der Waals surface area contributed by atoms with Gasteiger partial charge in [0.05, 0.1) is 44.8 Å². The van der Waals surface area contributed by atoms with Crippen molar-refractivity contribution in [2.75, 3.05) is 0 Å². The molecule has 74 heavy (non-hydrogen) atoms. The van der Waals surface area contributed by atoms with E-state index in [1.807, 2.05) is 60.7 Å².